The Balaban J connectivity index is 2.75. The second-order valence-corrected chi connectivity index (χ2v) is 5.44. The van der Waals surface area contributed by atoms with Crippen molar-refractivity contribution in [3.05, 3.63) is 27.2 Å². The van der Waals surface area contributed by atoms with E-state index in [0.29, 0.717) is 17.4 Å². The van der Waals surface area contributed by atoms with E-state index in [9.17, 15) is 35.5 Å². The molecule has 1 aliphatic rings. The minimum Gasteiger partial charge on any atom is -0.297 e. The third-order valence-electron chi connectivity index (χ3n) is 2.92. The average Bonchev–Trinajstić information content (AvgIpc) is 2.73. The minimum atomic E-state index is -5.87. The zero-order valence-corrected chi connectivity index (χ0v) is 10.4. The van der Waals surface area contributed by atoms with Crippen LogP contribution in [0.25, 0.3) is 5.57 Å². The number of carbonyl (C=O) groups is 1. The standard InChI is InChI=1S/C11H5F7OS/c1-4-6(2-5(3-19)20-4)7-8(12)10(15,16)11(17,18)9(7,13)14/h2-3H,1H3. The average molecular weight is 318 g/mol. The molecule has 0 atom stereocenters. The summed E-state index contributed by atoms with van der Waals surface area (Å²) in [5.41, 5.74) is -2.87. The molecule has 1 aromatic heterocycles. The van der Waals surface area contributed by atoms with E-state index in [4.69, 9.17) is 0 Å². The molecule has 20 heavy (non-hydrogen) atoms. The monoisotopic (exact) mass is 318 g/mol. The van der Waals surface area contributed by atoms with Crippen LogP contribution in [0, 0.1) is 6.92 Å². The quantitative estimate of drug-likeness (QED) is 0.581. The van der Waals surface area contributed by atoms with Crippen LogP contribution < -0.4 is 0 Å². The lowest BCUT2D eigenvalue weighted by Crippen LogP contribution is -2.48. The van der Waals surface area contributed by atoms with Crippen LogP contribution in [0.15, 0.2) is 11.9 Å². The summed E-state index contributed by atoms with van der Waals surface area (Å²) in [5, 5.41) is 0. The number of aryl methyl sites for hydroxylation is 1. The molecule has 0 N–H and O–H groups in total. The summed E-state index contributed by atoms with van der Waals surface area (Å²) in [4.78, 5) is 10.2. The molecule has 2 rings (SSSR count). The molecule has 0 bridgehead atoms. The van der Waals surface area contributed by atoms with Gasteiger partial charge in [-0.25, -0.2) is 4.39 Å². The highest BCUT2D eigenvalue weighted by atomic mass is 32.1. The Morgan fingerprint density at radius 1 is 1.10 bits per heavy atom. The van der Waals surface area contributed by atoms with Gasteiger partial charge in [0.05, 0.1) is 10.5 Å². The van der Waals surface area contributed by atoms with E-state index in [1.54, 1.807) is 0 Å². The molecule has 1 aliphatic carbocycles. The minimum absolute atomic E-state index is 0.134. The first-order chi connectivity index (χ1) is 8.98. The second kappa shape index (κ2) is 4.06. The molecule has 0 fully saturated rings. The SMILES string of the molecule is Cc1sc(C=O)cc1C1=C(F)C(F)(F)C(F)(F)C1(F)F. The number of alkyl halides is 6. The number of halogens is 7. The van der Waals surface area contributed by atoms with Gasteiger partial charge in [0.25, 0.3) is 0 Å². The zero-order valence-electron chi connectivity index (χ0n) is 9.62. The molecule has 0 saturated heterocycles. The third kappa shape index (κ3) is 1.58. The predicted octanol–water partition coefficient (Wildman–Crippen LogP) is 4.47. The number of hydrogen-bond donors (Lipinski definition) is 0. The Bertz CT molecular complexity index is 614. The first-order valence-electron chi connectivity index (χ1n) is 5.08. The number of aldehydes is 1. The number of rotatable bonds is 2. The van der Waals surface area contributed by atoms with Crippen molar-refractivity contribution in [2.24, 2.45) is 0 Å². The van der Waals surface area contributed by atoms with Crippen molar-refractivity contribution in [3.8, 4) is 0 Å². The van der Waals surface area contributed by atoms with Gasteiger partial charge in [-0.2, -0.15) is 26.3 Å². The Morgan fingerprint density at radius 3 is 2.00 bits per heavy atom. The fraction of sp³-hybridized carbons (Fsp3) is 0.364. The predicted molar refractivity (Wildman–Crippen MR) is 57.3 cm³/mol. The summed E-state index contributed by atoms with van der Waals surface area (Å²) in [6, 6.07) is 0.688. The molecule has 0 spiro atoms. The van der Waals surface area contributed by atoms with E-state index >= 15 is 0 Å². The van der Waals surface area contributed by atoms with E-state index in [2.05, 4.69) is 0 Å². The maximum Gasteiger partial charge on any atom is 0.383 e. The lowest BCUT2D eigenvalue weighted by atomic mass is 10.0. The molecule has 0 amide bonds. The molecular weight excluding hydrogens is 313 g/mol. The Hall–Kier alpha value is -1.38. The molecule has 1 nitrogen and oxygen atoms in total. The lowest BCUT2D eigenvalue weighted by Gasteiger charge is -2.24. The van der Waals surface area contributed by atoms with Gasteiger partial charge >= 0.3 is 17.8 Å². The van der Waals surface area contributed by atoms with Crippen LogP contribution in [-0.2, 0) is 0 Å². The van der Waals surface area contributed by atoms with Crippen LogP contribution in [0.2, 0.25) is 0 Å². The van der Waals surface area contributed by atoms with E-state index in [-0.39, 0.29) is 16.0 Å². The second-order valence-electron chi connectivity index (χ2n) is 4.15. The van der Waals surface area contributed by atoms with Gasteiger partial charge < -0.3 is 0 Å². The van der Waals surface area contributed by atoms with Gasteiger partial charge in [-0.1, -0.05) is 0 Å². The number of hydrogen-bond acceptors (Lipinski definition) is 2. The molecule has 0 saturated carbocycles. The van der Waals surface area contributed by atoms with Gasteiger partial charge in [0.15, 0.2) is 12.1 Å². The maximum atomic E-state index is 13.5. The van der Waals surface area contributed by atoms with Crippen molar-refractivity contribution >= 4 is 23.2 Å². The number of carbonyl (C=O) groups excluding carboxylic acids is 1. The van der Waals surface area contributed by atoms with E-state index in [1.165, 1.54) is 0 Å². The smallest absolute Gasteiger partial charge is 0.297 e. The van der Waals surface area contributed by atoms with Gasteiger partial charge in [0, 0.05) is 10.4 Å². The molecule has 1 heterocycles. The molecule has 0 radical (unpaired) electrons. The lowest BCUT2D eigenvalue weighted by molar-refractivity contribution is -0.263. The van der Waals surface area contributed by atoms with Crippen molar-refractivity contribution in [3.63, 3.8) is 0 Å². The fourth-order valence-corrected chi connectivity index (χ4v) is 2.73. The Morgan fingerprint density at radius 2 is 1.65 bits per heavy atom. The third-order valence-corrected chi connectivity index (χ3v) is 3.90. The molecule has 0 aliphatic heterocycles. The number of allylic oxidation sites excluding steroid dienone is 2. The first-order valence-corrected chi connectivity index (χ1v) is 5.90. The molecule has 9 heteroatoms. The van der Waals surface area contributed by atoms with Crippen molar-refractivity contribution < 1.29 is 35.5 Å². The van der Waals surface area contributed by atoms with Gasteiger partial charge in [-0.05, 0) is 13.0 Å². The van der Waals surface area contributed by atoms with Crippen LogP contribution in [0.1, 0.15) is 20.1 Å². The highest BCUT2D eigenvalue weighted by molar-refractivity contribution is 7.13. The zero-order chi connectivity index (χ0) is 15.5. The van der Waals surface area contributed by atoms with Crippen molar-refractivity contribution in [1.82, 2.24) is 0 Å². The van der Waals surface area contributed by atoms with Crippen LogP contribution in [0.3, 0.4) is 0 Å². The van der Waals surface area contributed by atoms with E-state index < -0.39 is 34.7 Å². The summed E-state index contributed by atoms with van der Waals surface area (Å²) >= 11 is 0.612. The summed E-state index contributed by atoms with van der Waals surface area (Å²) in [5.74, 6) is -19.7. The largest absolute Gasteiger partial charge is 0.383 e. The van der Waals surface area contributed by atoms with Crippen molar-refractivity contribution in [2.75, 3.05) is 0 Å². The molecule has 0 aromatic carbocycles. The summed E-state index contributed by atoms with van der Waals surface area (Å²) < 4.78 is 92.6. The molecule has 1 aromatic rings. The van der Waals surface area contributed by atoms with E-state index in [1.807, 2.05) is 0 Å². The Kier molecular flexibility index (Phi) is 3.05. The van der Waals surface area contributed by atoms with Gasteiger partial charge in [-0.15, -0.1) is 11.3 Å². The first kappa shape index (κ1) is 15.0. The van der Waals surface area contributed by atoms with Gasteiger partial charge in [-0.3, -0.25) is 4.79 Å². The van der Waals surface area contributed by atoms with Gasteiger partial charge in [0.1, 0.15) is 0 Å². The molecule has 110 valence electrons. The topological polar surface area (TPSA) is 17.1 Å². The van der Waals surface area contributed by atoms with Crippen molar-refractivity contribution in [1.29, 1.82) is 0 Å². The van der Waals surface area contributed by atoms with Crippen LogP contribution in [0.5, 0.6) is 0 Å². The summed E-state index contributed by atoms with van der Waals surface area (Å²) in [7, 11) is 0. The van der Waals surface area contributed by atoms with Crippen LogP contribution >= 0.6 is 11.3 Å². The van der Waals surface area contributed by atoms with E-state index in [0.717, 1.165) is 6.92 Å². The van der Waals surface area contributed by atoms with Gasteiger partial charge in [0.2, 0.25) is 0 Å². The van der Waals surface area contributed by atoms with Crippen LogP contribution in [-0.4, -0.2) is 24.1 Å². The molecule has 0 unspecified atom stereocenters. The molecular formula is C11H5F7OS. The summed E-state index contributed by atoms with van der Waals surface area (Å²) in [6.45, 7) is 1.14. The normalized spacial score (nSPS) is 23.2. The highest BCUT2D eigenvalue weighted by Crippen LogP contribution is 2.62. The highest BCUT2D eigenvalue weighted by Gasteiger charge is 2.81. The fourth-order valence-electron chi connectivity index (χ4n) is 1.89. The number of thiophene rings is 1. The summed E-state index contributed by atoms with van der Waals surface area (Å²) in [6.07, 6.45) is 0.225. The van der Waals surface area contributed by atoms with Crippen molar-refractivity contribution in [2.45, 2.75) is 24.7 Å². The van der Waals surface area contributed by atoms with Crippen LogP contribution in [0.4, 0.5) is 30.7 Å². The maximum absolute atomic E-state index is 13.5. The Labute approximate surface area is 111 Å².